The maximum absolute atomic E-state index is 4.42. The minimum atomic E-state index is 0.747. The summed E-state index contributed by atoms with van der Waals surface area (Å²) in [5, 5.41) is 3.94. The first-order chi connectivity index (χ1) is 8.31. The lowest BCUT2D eigenvalue weighted by molar-refractivity contribution is 1.10. The molecule has 0 radical (unpaired) electrons. The Kier molecular flexibility index (Phi) is 2.41. The van der Waals surface area contributed by atoms with Crippen molar-refractivity contribution in [2.24, 2.45) is 0 Å². The van der Waals surface area contributed by atoms with E-state index in [0.717, 1.165) is 27.0 Å². The van der Waals surface area contributed by atoms with Crippen molar-refractivity contribution in [2.45, 2.75) is 6.92 Å². The van der Waals surface area contributed by atoms with E-state index in [0.29, 0.717) is 0 Å². The number of nitrogens with zero attached hydrogens (tertiary/aromatic N) is 4. The summed E-state index contributed by atoms with van der Waals surface area (Å²) < 4.78 is 0. The Morgan fingerprint density at radius 1 is 1.24 bits per heavy atom. The molecular weight excluding hydrogens is 234 g/mol. The summed E-state index contributed by atoms with van der Waals surface area (Å²) in [6.07, 6.45) is 3.29. The number of rotatable bonds is 2. The summed E-state index contributed by atoms with van der Waals surface area (Å²) in [5.74, 6) is 0.747. The summed E-state index contributed by atoms with van der Waals surface area (Å²) in [4.78, 5) is 17.8. The number of thiazole rings is 1. The van der Waals surface area contributed by atoms with Crippen LogP contribution in [0.4, 0.5) is 10.9 Å². The third-order valence-corrected chi connectivity index (χ3v) is 3.10. The first kappa shape index (κ1) is 10.1. The van der Waals surface area contributed by atoms with Gasteiger partial charge in [0.15, 0.2) is 5.13 Å². The van der Waals surface area contributed by atoms with Crippen LogP contribution >= 0.6 is 11.3 Å². The third-order valence-electron chi connectivity index (χ3n) is 2.21. The van der Waals surface area contributed by atoms with Crippen molar-refractivity contribution in [1.82, 2.24) is 19.9 Å². The molecule has 0 aliphatic rings. The molecule has 0 atom stereocenters. The van der Waals surface area contributed by atoms with Gasteiger partial charge >= 0.3 is 0 Å². The van der Waals surface area contributed by atoms with Gasteiger partial charge in [0, 0.05) is 18.0 Å². The molecule has 0 aliphatic heterocycles. The van der Waals surface area contributed by atoms with Gasteiger partial charge in [-0.05, 0) is 19.1 Å². The molecule has 3 aromatic heterocycles. The molecule has 0 saturated carbocycles. The van der Waals surface area contributed by atoms with Crippen molar-refractivity contribution in [3.8, 4) is 0 Å². The van der Waals surface area contributed by atoms with Gasteiger partial charge in [0.1, 0.15) is 22.5 Å². The molecule has 5 nitrogen and oxygen atoms in total. The number of pyridine rings is 1. The Balaban J connectivity index is 1.94. The quantitative estimate of drug-likeness (QED) is 0.749. The molecule has 0 unspecified atom stereocenters. The summed E-state index contributed by atoms with van der Waals surface area (Å²) in [6.45, 7) is 1.92. The fourth-order valence-electron chi connectivity index (χ4n) is 1.46. The zero-order valence-corrected chi connectivity index (χ0v) is 9.90. The highest BCUT2D eigenvalue weighted by Crippen LogP contribution is 2.25. The van der Waals surface area contributed by atoms with E-state index >= 15 is 0 Å². The Bertz CT molecular complexity index is 631. The standard InChI is InChI=1S/C11H9N5S/c1-7-5-9(14-6-13-7)16-11-15-8-3-2-4-12-10(8)17-11/h2-6H,1H3,(H,13,14,15,16). The van der Waals surface area contributed by atoms with Crippen LogP contribution in [0.15, 0.2) is 30.7 Å². The largest absolute Gasteiger partial charge is 0.316 e. The number of aryl methyl sites for hydroxylation is 1. The van der Waals surface area contributed by atoms with E-state index in [2.05, 4.69) is 25.3 Å². The Hall–Kier alpha value is -2.08. The van der Waals surface area contributed by atoms with Crippen LogP contribution in [0.5, 0.6) is 0 Å². The molecule has 0 amide bonds. The normalized spacial score (nSPS) is 10.6. The van der Waals surface area contributed by atoms with E-state index in [4.69, 9.17) is 0 Å². The van der Waals surface area contributed by atoms with Gasteiger partial charge in [-0.2, -0.15) is 0 Å². The van der Waals surface area contributed by atoms with E-state index in [1.165, 1.54) is 17.7 Å². The molecule has 0 aliphatic carbocycles. The van der Waals surface area contributed by atoms with Gasteiger partial charge in [-0.25, -0.2) is 19.9 Å². The number of nitrogens with one attached hydrogen (secondary N) is 1. The van der Waals surface area contributed by atoms with Crippen LogP contribution in [0.25, 0.3) is 10.3 Å². The first-order valence-electron chi connectivity index (χ1n) is 5.08. The maximum Gasteiger partial charge on any atom is 0.190 e. The third kappa shape index (κ3) is 2.07. The van der Waals surface area contributed by atoms with Gasteiger partial charge in [-0.15, -0.1) is 0 Å². The lowest BCUT2D eigenvalue weighted by Crippen LogP contribution is -1.94. The smallest absolute Gasteiger partial charge is 0.190 e. The highest BCUT2D eigenvalue weighted by Gasteiger charge is 2.04. The second-order valence-corrected chi connectivity index (χ2v) is 4.49. The van der Waals surface area contributed by atoms with Gasteiger partial charge in [0.25, 0.3) is 0 Å². The lowest BCUT2D eigenvalue weighted by Gasteiger charge is -2.00. The van der Waals surface area contributed by atoms with E-state index < -0.39 is 0 Å². The molecule has 0 bridgehead atoms. The van der Waals surface area contributed by atoms with Crippen LogP contribution in [0.2, 0.25) is 0 Å². The molecule has 0 spiro atoms. The molecule has 0 aromatic carbocycles. The van der Waals surface area contributed by atoms with Crippen molar-refractivity contribution in [2.75, 3.05) is 5.32 Å². The predicted octanol–water partition coefficient (Wildman–Crippen LogP) is 2.53. The summed E-state index contributed by atoms with van der Waals surface area (Å²) in [7, 11) is 0. The molecule has 17 heavy (non-hydrogen) atoms. The van der Waals surface area contributed by atoms with Gasteiger partial charge in [0.2, 0.25) is 0 Å². The van der Waals surface area contributed by atoms with Crippen molar-refractivity contribution in [3.05, 3.63) is 36.4 Å². The monoisotopic (exact) mass is 243 g/mol. The Morgan fingerprint density at radius 3 is 3.00 bits per heavy atom. The van der Waals surface area contributed by atoms with Crippen molar-refractivity contribution < 1.29 is 0 Å². The average Bonchev–Trinajstić information content (AvgIpc) is 2.71. The molecule has 3 aromatic rings. The number of hydrogen-bond donors (Lipinski definition) is 1. The van der Waals surface area contributed by atoms with Crippen LogP contribution in [0, 0.1) is 6.92 Å². The predicted molar refractivity (Wildman–Crippen MR) is 67.5 cm³/mol. The molecule has 3 heterocycles. The Morgan fingerprint density at radius 2 is 2.18 bits per heavy atom. The first-order valence-corrected chi connectivity index (χ1v) is 5.90. The number of anilines is 2. The molecule has 0 fully saturated rings. The molecule has 1 N–H and O–H groups in total. The topological polar surface area (TPSA) is 63.6 Å². The van der Waals surface area contributed by atoms with Crippen molar-refractivity contribution >= 4 is 32.6 Å². The van der Waals surface area contributed by atoms with E-state index in [1.54, 1.807) is 6.20 Å². The van der Waals surface area contributed by atoms with E-state index in [1.807, 2.05) is 25.1 Å². The van der Waals surface area contributed by atoms with Gasteiger partial charge in [-0.3, -0.25) is 0 Å². The SMILES string of the molecule is Cc1cc(Nc2nc3cccnc3s2)ncn1. The fraction of sp³-hybridized carbons (Fsp3) is 0.0909. The van der Waals surface area contributed by atoms with Crippen LogP contribution in [-0.2, 0) is 0 Å². The summed E-state index contributed by atoms with van der Waals surface area (Å²) in [6, 6.07) is 5.69. The molecular formula is C11H9N5S. The highest BCUT2D eigenvalue weighted by molar-refractivity contribution is 7.21. The minimum absolute atomic E-state index is 0.747. The lowest BCUT2D eigenvalue weighted by atomic mass is 10.4. The van der Waals surface area contributed by atoms with Gasteiger partial charge < -0.3 is 5.32 Å². The molecule has 84 valence electrons. The minimum Gasteiger partial charge on any atom is -0.316 e. The number of aromatic nitrogens is 4. The van der Waals surface area contributed by atoms with Gasteiger partial charge in [0.05, 0.1) is 0 Å². The van der Waals surface area contributed by atoms with Crippen LogP contribution in [0.1, 0.15) is 5.69 Å². The maximum atomic E-state index is 4.42. The zero-order valence-electron chi connectivity index (χ0n) is 9.08. The zero-order chi connectivity index (χ0) is 11.7. The summed E-state index contributed by atoms with van der Waals surface area (Å²) in [5.41, 5.74) is 1.81. The van der Waals surface area contributed by atoms with Crippen LogP contribution in [0.3, 0.4) is 0 Å². The molecule has 3 rings (SSSR count). The van der Waals surface area contributed by atoms with Crippen molar-refractivity contribution in [3.63, 3.8) is 0 Å². The van der Waals surface area contributed by atoms with Crippen molar-refractivity contribution in [1.29, 1.82) is 0 Å². The summed E-state index contributed by atoms with van der Waals surface area (Å²) >= 11 is 1.50. The average molecular weight is 243 g/mol. The van der Waals surface area contributed by atoms with Crippen LogP contribution < -0.4 is 5.32 Å². The highest BCUT2D eigenvalue weighted by atomic mass is 32.1. The molecule has 0 saturated heterocycles. The molecule has 6 heteroatoms. The second kappa shape index (κ2) is 4.06. The van der Waals surface area contributed by atoms with E-state index in [-0.39, 0.29) is 0 Å². The van der Waals surface area contributed by atoms with E-state index in [9.17, 15) is 0 Å². The fourth-order valence-corrected chi connectivity index (χ4v) is 2.27. The second-order valence-electron chi connectivity index (χ2n) is 3.52. The Labute approximate surface area is 102 Å². The number of fused-ring (bicyclic) bond motifs is 1. The van der Waals surface area contributed by atoms with Gasteiger partial charge in [-0.1, -0.05) is 11.3 Å². The van der Waals surface area contributed by atoms with Crippen LogP contribution in [-0.4, -0.2) is 19.9 Å². The number of hydrogen-bond acceptors (Lipinski definition) is 6.